The van der Waals surface area contributed by atoms with Crippen molar-refractivity contribution < 1.29 is 19.1 Å². The van der Waals surface area contributed by atoms with Gasteiger partial charge in [0.15, 0.2) is 0 Å². The van der Waals surface area contributed by atoms with E-state index in [1.807, 2.05) is 64.5 Å². The number of benzene rings is 3. The van der Waals surface area contributed by atoms with Crippen LogP contribution in [0.2, 0.25) is 0 Å². The molecule has 3 atom stereocenters. The molecule has 8 heteroatoms. The van der Waals surface area contributed by atoms with Crippen molar-refractivity contribution in [3.8, 4) is 5.69 Å². The number of carboxylic acid groups (broad SMARTS) is 1. The average Bonchev–Trinajstić information content (AvgIpc) is 3.52. The van der Waals surface area contributed by atoms with Gasteiger partial charge in [0.2, 0.25) is 5.91 Å². The highest BCUT2D eigenvalue weighted by molar-refractivity contribution is 6.01. The zero-order valence-electron chi connectivity index (χ0n) is 22.0. The van der Waals surface area contributed by atoms with Crippen molar-refractivity contribution in [1.29, 1.82) is 0 Å². The molecule has 3 aromatic carbocycles. The van der Waals surface area contributed by atoms with Gasteiger partial charge in [-0.3, -0.25) is 4.79 Å². The van der Waals surface area contributed by atoms with E-state index in [4.69, 9.17) is 0 Å². The predicted molar refractivity (Wildman–Crippen MR) is 152 cm³/mol. The number of carbonyl (C=O) groups is 2. The minimum Gasteiger partial charge on any atom is -0.478 e. The van der Waals surface area contributed by atoms with Crippen molar-refractivity contribution in [3.05, 3.63) is 114 Å². The Morgan fingerprint density at radius 3 is 2.52 bits per heavy atom. The van der Waals surface area contributed by atoms with E-state index in [0.717, 1.165) is 27.8 Å². The second kappa shape index (κ2) is 10.4. The van der Waals surface area contributed by atoms with Crippen LogP contribution in [0.4, 0.5) is 10.1 Å². The summed E-state index contributed by atoms with van der Waals surface area (Å²) in [6, 6.07) is 21.6. The number of nitrogens with zero attached hydrogens (tertiary/aromatic N) is 4. The molecule has 1 amide bonds. The lowest BCUT2D eigenvalue weighted by molar-refractivity contribution is -0.133. The van der Waals surface area contributed by atoms with Crippen LogP contribution in [0.3, 0.4) is 0 Å². The third kappa shape index (κ3) is 4.55. The number of rotatable bonds is 7. The fraction of sp³-hybridized carbons (Fsp3) is 0.219. The van der Waals surface area contributed by atoms with Gasteiger partial charge in [-0.1, -0.05) is 37.3 Å². The molecule has 0 spiro atoms. The van der Waals surface area contributed by atoms with Gasteiger partial charge in [0.05, 0.1) is 41.0 Å². The molecule has 2 aliphatic heterocycles. The second-order valence-corrected chi connectivity index (χ2v) is 10.3. The molecule has 7 nitrogen and oxygen atoms in total. The summed E-state index contributed by atoms with van der Waals surface area (Å²) in [5, 5.41) is 15.1. The number of fused-ring (bicyclic) bond motifs is 1. The summed E-state index contributed by atoms with van der Waals surface area (Å²) in [5.74, 6) is -1.60. The van der Waals surface area contributed by atoms with E-state index in [1.54, 1.807) is 35.2 Å². The number of anilines is 1. The van der Waals surface area contributed by atoms with E-state index in [9.17, 15) is 19.1 Å². The fourth-order valence-corrected chi connectivity index (χ4v) is 6.05. The van der Waals surface area contributed by atoms with E-state index < -0.39 is 5.97 Å². The molecule has 0 saturated carbocycles. The third-order valence-corrected chi connectivity index (χ3v) is 7.90. The van der Waals surface area contributed by atoms with Crippen LogP contribution < -0.4 is 4.90 Å². The fourth-order valence-electron chi connectivity index (χ4n) is 6.05. The van der Waals surface area contributed by atoms with Crippen LogP contribution in [0, 0.1) is 11.7 Å². The first-order valence-corrected chi connectivity index (χ1v) is 13.4. The van der Waals surface area contributed by atoms with Gasteiger partial charge < -0.3 is 14.9 Å². The number of halogens is 1. The molecule has 0 radical (unpaired) electrons. The lowest BCUT2D eigenvalue weighted by atomic mass is 9.89. The summed E-state index contributed by atoms with van der Waals surface area (Å²) < 4.78 is 15.2. The zero-order chi connectivity index (χ0) is 27.8. The van der Waals surface area contributed by atoms with Crippen molar-refractivity contribution in [2.75, 3.05) is 11.4 Å². The van der Waals surface area contributed by atoms with Crippen molar-refractivity contribution in [3.63, 3.8) is 0 Å². The number of carbonyl (C=O) groups excluding carboxylic acids is 1. The number of carboxylic acids is 1. The number of hydrogen-bond acceptors (Lipinski definition) is 4. The van der Waals surface area contributed by atoms with Crippen LogP contribution in [-0.4, -0.2) is 50.3 Å². The van der Waals surface area contributed by atoms with Crippen molar-refractivity contribution in [1.82, 2.24) is 14.7 Å². The summed E-state index contributed by atoms with van der Waals surface area (Å²) in [6.07, 6.45) is 8.28. The molecular formula is C32H29FN4O3. The first kappa shape index (κ1) is 25.6. The lowest BCUT2D eigenvalue weighted by Gasteiger charge is -2.37. The summed E-state index contributed by atoms with van der Waals surface area (Å²) in [5.41, 5.74) is 3.74. The van der Waals surface area contributed by atoms with Crippen LogP contribution in [0.25, 0.3) is 16.6 Å². The Morgan fingerprint density at radius 1 is 1.05 bits per heavy atom. The van der Waals surface area contributed by atoms with E-state index in [-0.39, 0.29) is 36.3 Å². The summed E-state index contributed by atoms with van der Waals surface area (Å²) in [6.45, 7) is 2.30. The molecule has 4 aromatic rings. The molecule has 1 fully saturated rings. The maximum absolute atomic E-state index is 14.2. The Bertz CT molecular complexity index is 1630. The molecule has 3 heterocycles. The second-order valence-electron chi connectivity index (χ2n) is 10.3. The van der Waals surface area contributed by atoms with E-state index in [1.165, 1.54) is 12.1 Å². The summed E-state index contributed by atoms with van der Waals surface area (Å²) >= 11 is 0. The number of aliphatic carboxylic acids is 1. The minimum atomic E-state index is -0.952. The standard InChI is InChI=1S/C32H29FN4O3/c1-2-28-30(35-16-6-9-22(20-35)32(39)40)27(17-21-7-4-3-5-8-21)31(38)36(28)26-14-15-29-23(18-26)19-34-37(29)25-12-10-24(33)11-13-25/h3-16,18-19,27-28,30H,2,17,20H2,1H3,(H,39,40). The molecule has 0 bridgehead atoms. The van der Waals surface area contributed by atoms with Gasteiger partial charge in [0.25, 0.3) is 0 Å². The number of amides is 1. The summed E-state index contributed by atoms with van der Waals surface area (Å²) in [4.78, 5) is 29.9. The van der Waals surface area contributed by atoms with Crippen LogP contribution in [0.1, 0.15) is 18.9 Å². The number of hydrogen-bond donors (Lipinski definition) is 1. The first-order valence-electron chi connectivity index (χ1n) is 13.4. The molecule has 202 valence electrons. The van der Waals surface area contributed by atoms with Gasteiger partial charge in [-0.2, -0.15) is 5.10 Å². The number of aromatic nitrogens is 2. The molecule has 40 heavy (non-hydrogen) atoms. The van der Waals surface area contributed by atoms with Crippen molar-refractivity contribution >= 4 is 28.5 Å². The Labute approximate surface area is 231 Å². The molecular weight excluding hydrogens is 507 g/mol. The maximum atomic E-state index is 14.2. The normalized spacial score (nSPS) is 20.8. The summed E-state index contributed by atoms with van der Waals surface area (Å²) in [7, 11) is 0. The SMILES string of the molecule is CCC1C(N2C=CC=C(C(=O)O)C2)C(Cc2ccccc2)C(=O)N1c1ccc2c(cnn2-c2ccc(F)cc2)c1. The van der Waals surface area contributed by atoms with Gasteiger partial charge >= 0.3 is 5.97 Å². The lowest BCUT2D eigenvalue weighted by Crippen LogP contribution is -2.46. The Morgan fingerprint density at radius 2 is 1.80 bits per heavy atom. The zero-order valence-corrected chi connectivity index (χ0v) is 22.0. The highest BCUT2D eigenvalue weighted by Crippen LogP contribution is 2.39. The van der Waals surface area contributed by atoms with E-state index >= 15 is 0 Å². The van der Waals surface area contributed by atoms with Gasteiger partial charge in [-0.25, -0.2) is 13.9 Å². The Hall–Kier alpha value is -4.72. The third-order valence-electron chi connectivity index (χ3n) is 7.90. The maximum Gasteiger partial charge on any atom is 0.333 e. The molecule has 6 rings (SSSR count). The monoisotopic (exact) mass is 536 g/mol. The quantitative estimate of drug-likeness (QED) is 0.344. The van der Waals surface area contributed by atoms with Crippen LogP contribution in [0.15, 0.2) is 103 Å². The van der Waals surface area contributed by atoms with Gasteiger partial charge in [-0.05, 0) is 79.2 Å². The molecule has 2 aliphatic rings. The molecule has 1 N–H and O–H groups in total. The van der Waals surface area contributed by atoms with Crippen molar-refractivity contribution in [2.24, 2.45) is 5.92 Å². The molecule has 1 aromatic heterocycles. The highest BCUT2D eigenvalue weighted by atomic mass is 19.1. The smallest absolute Gasteiger partial charge is 0.333 e. The number of allylic oxidation sites excluding steroid dienone is 2. The van der Waals surface area contributed by atoms with Gasteiger partial charge in [0.1, 0.15) is 5.82 Å². The topological polar surface area (TPSA) is 78.7 Å². The van der Waals surface area contributed by atoms with E-state index in [2.05, 4.69) is 12.0 Å². The van der Waals surface area contributed by atoms with Gasteiger partial charge in [0, 0.05) is 17.6 Å². The Kier molecular flexibility index (Phi) is 6.67. The van der Waals surface area contributed by atoms with E-state index in [0.29, 0.717) is 18.4 Å². The largest absolute Gasteiger partial charge is 0.478 e. The first-order chi connectivity index (χ1) is 19.4. The van der Waals surface area contributed by atoms with Crippen LogP contribution in [-0.2, 0) is 16.0 Å². The van der Waals surface area contributed by atoms with Crippen LogP contribution in [0.5, 0.6) is 0 Å². The Balaban J connectivity index is 1.38. The molecule has 3 unspecified atom stereocenters. The van der Waals surface area contributed by atoms with Crippen LogP contribution >= 0.6 is 0 Å². The van der Waals surface area contributed by atoms with Gasteiger partial charge in [-0.15, -0.1) is 0 Å². The molecule has 1 saturated heterocycles. The van der Waals surface area contributed by atoms with Crippen molar-refractivity contribution in [2.45, 2.75) is 31.8 Å². The predicted octanol–water partition coefficient (Wildman–Crippen LogP) is 5.36. The minimum absolute atomic E-state index is 0.0193. The highest BCUT2D eigenvalue weighted by Gasteiger charge is 2.50. The molecule has 0 aliphatic carbocycles. The average molecular weight is 537 g/mol.